The summed E-state index contributed by atoms with van der Waals surface area (Å²) < 4.78 is 5.20. The molecule has 0 radical (unpaired) electrons. The number of benzene rings is 2. The summed E-state index contributed by atoms with van der Waals surface area (Å²) in [6.07, 6.45) is 1.41. The smallest absolute Gasteiger partial charge is 0.349 e. The van der Waals surface area contributed by atoms with Crippen molar-refractivity contribution in [3.63, 3.8) is 0 Å². The minimum Gasteiger partial charge on any atom is -0.422 e. The second kappa shape index (κ2) is 8.18. The highest BCUT2D eigenvalue weighted by atomic mass is 35.5. The second-order valence-corrected chi connectivity index (χ2v) is 6.74. The van der Waals surface area contributed by atoms with Crippen LogP contribution in [0.4, 0.5) is 11.5 Å². The van der Waals surface area contributed by atoms with E-state index in [0.717, 1.165) is 0 Å². The van der Waals surface area contributed by atoms with Crippen LogP contribution in [0.2, 0.25) is 5.02 Å². The van der Waals surface area contributed by atoms with Crippen LogP contribution in [0.3, 0.4) is 0 Å². The van der Waals surface area contributed by atoms with Gasteiger partial charge < -0.3 is 15.1 Å². The van der Waals surface area contributed by atoms with Gasteiger partial charge in [0.25, 0.3) is 11.8 Å². The summed E-state index contributed by atoms with van der Waals surface area (Å²) >= 11 is 5.80. The molecule has 0 fully saturated rings. The Balaban J connectivity index is 1.60. The second-order valence-electron chi connectivity index (χ2n) is 6.30. The first-order valence-electron chi connectivity index (χ1n) is 8.87. The molecule has 2 aromatic heterocycles. The highest BCUT2D eigenvalue weighted by Crippen LogP contribution is 2.19. The van der Waals surface area contributed by atoms with Crippen molar-refractivity contribution in [2.24, 2.45) is 0 Å². The first kappa shape index (κ1) is 19.4. The van der Waals surface area contributed by atoms with Crippen LogP contribution in [0.15, 0.2) is 82.1 Å². The molecule has 2 heterocycles. The highest BCUT2D eigenvalue weighted by Gasteiger charge is 2.18. The van der Waals surface area contributed by atoms with Gasteiger partial charge in [-0.15, -0.1) is 0 Å². The number of hydrogen-bond donors (Lipinski definition) is 2. The number of carbonyl (C=O) groups is 2. The van der Waals surface area contributed by atoms with Gasteiger partial charge in [0.1, 0.15) is 17.0 Å². The van der Waals surface area contributed by atoms with Gasteiger partial charge in [0.15, 0.2) is 0 Å². The van der Waals surface area contributed by atoms with Crippen molar-refractivity contribution in [3.05, 3.63) is 99.5 Å². The molecule has 0 unspecified atom stereocenters. The number of fused-ring (bicyclic) bond motifs is 1. The van der Waals surface area contributed by atoms with Gasteiger partial charge in [-0.05, 0) is 36.4 Å². The molecule has 30 heavy (non-hydrogen) atoms. The fraction of sp³-hybridized carbons (Fsp3) is 0. The third-order valence-electron chi connectivity index (χ3n) is 4.27. The van der Waals surface area contributed by atoms with Crippen molar-refractivity contribution in [2.75, 3.05) is 10.6 Å². The quantitative estimate of drug-likeness (QED) is 0.479. The van der Waals surface area contributed by atoms with E-state index < -0.39 is 17.4 Å². The van der Waals surface area contributed by atoms with Gasteiger partial charge in [-0.25, -0.2) is 9.78 Å². The number of amides is 2. The average molecular weight is 420 g/mol. The zero-order chi connectivity index (χ0) is 21.1. The number of hydrogen-bond acceptors (Lipinski definition) is 5. The van der Waals surface area contributed by atoms with Gasteiger partial charge in [0, 0.05) is 11.6 Å². The van der Waals surface area contributed by atoms with Gasteiger partial charge in [-0.2, -0.15) is 0 Å². The molecule has 2 aromatic carbocycles. The lowest BCUT2D eigenvalue weighted by Gasteiger charge is -2.11. The predicted octanol–water partition coefficient (Wildman–Crippen LogP) is 4.35. The number of halogens is 1. The van der Waals surface area contributed by atoms with Crippen LogP contribution in [0.1, 0.15) is 20.7 Å². The molecule has 0 aliphatic rings. The Morgan fingerprint density at radius 2 is 1.60 bits per heavy atom. The monoisotopic (exact) mass is 419 g/mol. The maximum atomic E-state index is 12.7. The Kier molecular flexibility index (Phi) is 5.28. The van der Waals surface area contributed by atoms with E-state index in [9.17, 15) is 14.4 Å². The Morgan fingerprint density at radius 1 is 0.867 bits per heavy atom. The lowest BCUT2D eigenvalue weighted by atomic mass is 10.1. The summed E-state index contributed by atoms with van der Waals surface area (Å²) in [6, 6.07) is 17.9. The summed E-state index contributed by atoms with van der Waals surface area (Å²) in [6.45, 7) is 0. The zero-order valence-electron chi connectivity index (χ0n) is 15.4. The van der Waals surface area contributed by atoms with Crippen LogP contribution in [0, 0.1) is 0 Å². The van der Waals surface area contributed by atoms with Crippen LogP contribution < -0.4 is 16.3 Å². The zero-order valence-corrected chi connectivity index (χ0v) is 16.1. The first-order valence-corrected chi connectivity index (χ1v) is 9.25. The molecule has 4 aromatic rings. The third kappa shape index (κ3) is 4.06. The van der Waals surface area contributed by atoms with Gasteiger partial charge in [0.05, 0.1) is 16.3 Å². The molecule has 0 aliphatic heterocycles. The van der Waals surface area contributed by atoms with Crippen molar-refractivity contribution in [2.45, 2.75) is 0 Å². The largest absolute Gasteiger partial charge is 0.422 e. The SMILES string of the molecule is O=C(Nc1ccc(Cl)cn1)c1ccccc1NC(=O)c1cc2ccccc2oc1=O. The van der Waals surface area contributed by atoms with Gasteiger partial charge in [-0.1, -0.05) is 41.9 Å². The molecule has 0 saturated heterocycles. The Hall–Kier alpha value is -3.97. The van der Waals surface area contributed by atoms with Crippen LogP contribution in [0.5, 0.6) is 0 Å². The first-order chi connectivity index (χ1) is 14.5. The number of pyridine rings is 1. The molecule has 0 spiro atoms. The van der Waals surface area contributed by atoms with E-state index in [4.69, 9.17) is 16.0 Å². The molecule has 4 rings (SSSR count). The van der Waals surface area contributed by atoms with Crippen LogP contribution >= 0.6 is 11.6 Å². The standard InChI is InChI=1S/C22H14ClN3O4/c23-14-9-10-19(24-12-14)26-20(27)15-6-2-3-7-17(15)25-21(28)16-11-13-5-1-4-8-18(13)30-22(16)29/h1-12H,(H,25,28)(H,24,26,27). The van der Waals surface area contributed by atoms with E-state index in [1.807, 2.05) is 0 Å². The number of nitrogens with one attached hydrogen (secondary N) is 2. The summed E-state index contributed by atoms with van der Waals surface area (Å²) in [5, 5.41) is 6.29. The van der Waals surface area contributed by atoms with Crippen LogP contribution in [-0.2, 0) is 0 Å². The van der Waals surface area contributed by atoms with Crippen molar-refractivity contribution in [1.82, 2.24) is 4.98 Å². The number of anilines is 2. The Morgan fingerprint density at radius 3 is 2.40 bits per heavy atom. The van der Waals surface area contributed by atoms with Crippen molar-refractivity contribution >= 4 is 45.9 Å². The topological polar surface area (TPSA) is 101 Å². The minimum atomic E-state index is -0.765. The summed E-state index contributed by atoms with van der Waals surface area (Å²) in [5.74, 6) is -0.855. The normalized spacial score (nSPS) is 10.6. The fourth-order valence-corrected chi connectivity index (χ4v) is 2.95. The molecule has 0 atom stereocenters. The summed E-state index contributed by atoms with van der Waals surface area (Å²) in [7, 11) is 0. The minimum absolute atomic E-state index is 0.164. The van der Waals surface area contributed by atoms with E-state index in [1.54, 1.807) is 60.7 Å². The van der Waals surface area contributed by atoms with Crippen LogP contribution in [0.25, 0.3) is 11.0 Å². The van der Waals surface area contributed by atoms with E-state index in [0.29, 0.717) is 21.8 Å². The van der Waals surface area contributed by atoms with Gasteiger partial charge in [0.2, 0.25) is 0 Å². The molecule has 0 saturated carbocycles. The number of nitrogens with zero attached hydrogens (tertiary/aromatic N) is 1. The number of carbonyl (C=O) groups excluding carboxylic acids is 2. The van der Waals surface area contributed by atoms with Crippen molar-refractivity contribution in [3.8, 4) is 0 Å². The lowest BCUT2D eigenvalue weighted by molar-refractivity contribution is 0.102. The summed E-state index contributed by atoms with van der Waals surface area (Å²) in [4.78, 5) is 41.6. The molecular weight excluding hydrogens is 406 g/mol. The van der Waals surface area contributed by atoms with E-state index in [1.165, 1.54) is 12.3 Å². The maximum Gasteiger partial charge on any atom is 0.349 e. The molecule has 2 amide bonds. The highest BCUT2D eigenvalue weighted by molar-refractivity contribution is 6.30. The Labute approximate surface area is 175 Å². The molecule has 0 aliphatic carbocycles. The van der Waals surface area contributed by atoms with E-state index in [-0.39, 0.29) is 16.8 Å². The molecule has 148 valence electrons. The lowest BCUT2D eigenvalue weighted by Crippen LogP contribution is -2.23. The van der Waals surface area contributed by atoms with Crippen LogP contribution in [-0.4, -0.2) is 16.8 Å². The summed E-state index contributed by atoms with van der Waals surface area (Å²) in [5.41, 5.74) is -0.106. The molecule has 2 N–H and O–H groups in total. The van der Waals surface area contributed by atoms with E-state index in [2.05, 4.69) is 15.6 Å². The molecule has 7 nitrogen and oxygen atoms in total. The molecule has 0 bridgehead atoms. The number of rotatable bonds is 4. The van der Waals surface area contributed by atoms with Gasteiger partial charge in [-0.3, -0.25) is 9.59 Å². The number of aromatic nitrogens is 1. The molecule has 8 heteroatoms. The van der Waals surface area contributed by atoms with Crippen molar-refractivity contribution < 1.29 is 14.0 Å². The van der Waals surface area contributed by atoms with Gasteiger partial charge >= 0.3 is 5.63 Å². The van der Waals surface area contributed by atoms with Crippen molar-refractivity contribution in [1.29, 1.82) is 0 Å². The maximum absolute atomic E-state index is 12.7. The molecular formula is C22H14ClN3O4. The van der Waals surface area contributed by atoms with E-state index >= 15 is 0 Å². The average Bonchev–Trinajstić information content (AvgIpc) is 2.75. The fourth-order valence-electron chi connectivity index (χ4n) is 2.83. The Bertz CT molecular complexity index is 1320. The number of para-hydroxylation sites is 2. The predicted molar refractivity (Wildman–Crippen MR) is 114 cm³/mol. The third-order valence-corrected chi connectivity index (χ3v) is 4.50.